The van der Waals surface area contributed by atoms with E-state index in [9.17, 15) is 8.42 Å². The van der Waals surface area contributed by atoms with Crippen LogP contribution in [-0.2, 0) is 14.8 Å². The quantitative estimate of drug-likeness (QED) is 0.759. The van der Waals surface area contributed by atoms with Crippen LogP contribution in [0.25, 0.3) is 0 Å². The van der Waals surface area contributed by atoms with Crippen LogP contribution in [-0.4, -0.2) is 41.3 Å². The largest absolute Gasteiger partial charge is 0.352 e. The lowest BCUT2D eigenvalue weighted by molar-refractivity contribution is 0.0343. The van der Waals surface area contributed by atoms with Crippen LogP contribution in [0.4, 0.5) is 0 Å². The minimum atomic E-state index is -3.82. The summed E-state index contributed by atoms with van der Waals surface area (Å²) >= 11 is 23.1. The maximum absolute atomic E-state index is 12.6. The summed E-state index contributed by atoms with van der Waals surface area (Å²) in [4.78, 5) is 0.109. The van der Waals surface area contributed by atoms with E-state index in [4.69, 9.17) is 51.1 Å². The molecule has 1 aliphatic rings. The molecule has 0 bridgehead atoms. The van der Waals surface area contributed by atoms with Crippen molar-refractivity contribution in [1.29, 1.82) is 0 Å². The molecule has 20 heavy (non-hydrogen) atoms. The van der Waals surface area contributed by atoms with Crippen LogP contribution >= 0.6 is 46.4 Å². The lowest BCUT2D eigenvalue weighted by atomic mass is 10.4. The molecule has 2 atom stereocenters. The number of halogens is 4. The lowest BCUT2D eigenvalue weighted by Crippen LogP contribution is -2.43. The summed E-state index contributed by atoms with van der Waals surface area (Å²) in [5, 5.41) is 0. The van der Waals surface area contributed by atoms with Crippen LogP contribution in [0.2, 0.25) is 0 Å². The van der Waals surface area contributed by atoms with Crippen molar-refractivity contribution in [1.82, 2.24) is 4.31 Å². The molecular weight excluding hydrogens is 368 g/mol. The Hall–Kier alpha value is 0.250. The van der Waals surface area contributed by atoms with Crippen molar-refractivity contribution in [3.05, 3.63) is 30.3 Å². The number of benzene rings is 1. The molecule has 1 saturated heterocycles. The van der Waals surface area contributed by atoms with Crippen molar-refractivity contribution in [2.75, 3.05) is 12.4 Å². The van der Waals surface area contributed by atoms with Crippen molar-refractivity contribution < 1.29 is 13.2 Å². The topological polar surface area (TPSA) is 46.6 Å². The predicted octanol–water partition coefficient (Wildman–Crippen LogP) is 3.01. The molecule has 1 aromatic rings. The molecule has 0 saturated carbocycles. The predicted molar refractivity (Wildman–Crippen MR) is 80.0 cm³/mol. The standard InChI is InChI=1S/C11H11Cl4NO3S/c12-6-8-7-16(10(19-8)11(13,14)15)20(17,18)9-4-2-1-3-5-9/h1-5,8,10H,6-7H2. The van der Waals surface area contributed by atoms with Gasteiger partial charge in [0, 0.05) is 6.54 Å². The molecule has 1 aliphatic heterocycles. The van der Waals surface area contributed by atoms with Crippen LogP contribution in [0, 0.1) is 0 Å². The molecule has 0 N–H and O–H groups in total. The van der Waals surface area contributed by atoms with E-state index < -0.39 is 26.1 Å². The lowest BCUT2D eigenvalue weighted by Gasteiger charge is -2.27. The van der Waals surface area contributed by atoms with Gasteiger partial charge < -0.3 is 4.74 Å². The van der Waals surface area contributed by atoms with Gasteiger partial charge in [0.15, 0.2) is 6.23 Å². The van der Waals surface area contributed by atoms with Gasteiger partial charge in [-0.15, -0.1) is 11.6 Å². The zero-order valence-electron chi connectivity index (χ0n) is 10.0. The number of nitrogens with zero attached hydrogens (tertiary/aromatic N) is 1. The fourth-order valence-electron chi connectivity index (χ4n) is 1.87. The highest BCUT2D eigenvalue weighted by Gasteiger charge is 2.50. The Balaban J connectivity index is 2.39. The van der Waals surface area contributed by atoms with Gasteiger partial charge in [-0.25, -0.2) is 8.42 Å². The minimum absolute atomic E-state index is 0.0410. The Bertz CT molecular complexity index is 561. The number of alkyl halides is 4. The average molecular weight is 379 g/mol. The van der Waals surface area contributed by atoms with Crippen molar-refractivity contribution in [2.24, 2.45) is 0 Å². The second-order valence-corrected chi connectivity index (χ2v) is 8.76. The first-order chi connectivity index (χ1) is 9.26. The summed E-state index contributed by atoms with van der Waals surface area (Å²) in [6, 6.07) is 7.89. The zero-order chi connectivity index (χ0) is 15.0. The Morgan fingerprint density at radius 3 is 2.35 bits per heavy atom. The number of hydrogen-bond acceptors (Lipinski definition) is 3. The average Bonchev–Trinajstić information content (AvgIpc) is 2.84. The highest BCUT2D eigenvalue weighted by atomic mass is 35.6. The highest BCUT2D eigenvalue weighted by Crippen LogP contribution is 2.40. The number of hydrogen-bond donors (Lipinski definition) is 0. The van der Waals surface area contributed by atoms with Gasteiger partial charge >= 0.3 is 0 Å². The zero-order valence-corrected chi connectivity index (χ0v) is 13.9. The van der Waals surface area contributed by atoms with E-state index in [1.807, 2.05) is 0 Å². The molecule has 0 aliphatic carbocycles. The molecule has 4 nitrogen and oxygen atoms in total. The first-order valence-electron chi connectivity index (χ1n) is 5.62. The van der Waals surface area contributed by atoms with Crippen LogP contribution < -0.4 is 0 Å². The molecule has 2 rings (SSSR count). The number of rotatable bonds is 3. The van der Waals surface area contributed by atoms with E-state index in [2.05, 4.69) is 0 Å². The minimum Gasteiger partial charge on any atom is -0.352 e. The molecule has 2 unspecified atom stereocenters. The van der Waals surface area contributed by atoms with Gasteiger partial charge in [0.1, 0.15) is 0 Å². The van der Waals surface area contributed by atoms with Crippen molar-refractivity contribution >= 4 is 56.4 Å². The molecule has 0 radical (unpaired) electrons. The molecule has 1 fully saturated rings. The van der Waals surface area contributed by atoms with Crippen LogP contribution in [0.15, 0.2) is 35.2 Å². The van der Waals surface area contributed by atoms with Crippen LogP contribution in [0.5, 0.6) is 0 Å². The summed E-state index contributed by atoms with van der Waals surface area (Å²) in [5.41, 5.74) is 0. The first kappa shape index (κ1) is 16.6. The van der Waals surface area contributed by atoms with Gasteiger partial charge in [0.25, 0.3) is 0 Å². The second kappa shape index (κ2) is 6.16. The van der Waals surface area contributed by atoms with E-state index in [-0.39, 0.29) is 17.3 Å². The maximum Gasteiger partial charge on any atom is 0.245 e. The SMILES string of the molecule is O=S(=O)(c1ccccc1)N1CC(CCl)OC1C(Cl)(Cl)Cl. The molecular formula is C11H11Cl4NO3S. The van der Waals surface area contributed by atoms with E-state index in [1.54, 1.807) is 18.2 Å². The Morgan fingerprint density at radius 2 is 1.85 bits per heavy atom. The van der Waals surface area contributed by atoms with Crippen molar-refractivity contribution in [3.63, 3.8) is 0 Å². The molecule has 0 amide bonds. The van der Waals surface area contributed by atoms with Crippen molar-refractivity contribution in [2.45, 2.75) is 21.0 Å². The Kier molecular flexibility index (Phi) is 5.12. The van der Waals surface area contributed by atoms with Gasteiger partial charge in [0.2, 0.25) is 13.8 Å². The fraction of sp³-hybridized carbons (Fsp3) is 0.455. The van der Waals surface area contributed by atoms with Gasteiger partial charge in [-0.1, -0.05) is 53.0 Å². The van der Waals surface area contributed by atoms with Gasteiger partial charge in [0.05, 0.1) is 16.9 Å². The normalized spacial score (nSPS) is 25.0. The first-order valence-corrected chi connectivity index (χ1v) is 8.72. The summed E-state index contributed by atoms with van der Waals surface area (Å²) in [6.45, 7) is 0.0410. The maximum atomic E-state index is 12.6. The summed E-state index contributed by atoms with van der Waals surface area (Å²) < 4.78 is 29.7. The molecule has 0 aromatic heterocycles. The third kappa shape index (κ3) is 3.35. The third-order valence-electron chi connectivity index (χ3n) is 2.77. The third-order valence-corrected chi connectivity index (χ3v) is 5.50. The van der Waals surface area contributed by atoms with Crippen LogP contribution in [0.1, 0.15) is 0 Å². The van der Waals surface area contributed by atoms with Crippen LogP contribution in [0.3, 0.4) is 0 Å². The van der Waals surface area contributed by atoms with Gasteiger partial charge in [-0.3, -0.25) is 0 Å². The molecule has 0 spiro atoms. The smallest absolute Gasteiger partial charge is 0.245 e. The molecule has 112 valence electrons. The number of sulfonamides is 1. The van der Waals surface area contributed by atoms with E-state index >= 15 is 0 Å². The Morgan fingerprint density at radius 1 is 1.25 bits per heavy atom. The summed E-state index contributed by atoms with van der Waals surface area (Å²) in [5.74, 6) is 0.109. The highest BCUT2D eigenvalue weighted by molar-refractivity contribution is 7.89. The van der Waals surface area contributed by atoms with Gasteiger partial charge in [-0.05, 0) is 12.1 Å². The van der Waals surface area contributed by atoms with E-state index in [1.165, 1.54) is 12.1 Å². The molecule has 9 heteroatoms. The summed E-state index contributed by atoms with van der Waals surface area (Å²) in [6.07, 6.45) is -1.72. The van der Waals surface area contributed by atoms with E-state index in [0.717, 1.165) is 4.31 Å². The summed E-state index contributed by atoms with van der Waals surface area (Å²) in [7, 11) is -3.82. The molecule has 1 heterocycles. The van der Waals surface area contributed by atoms with E-state index in [0.29, 0.717) is 0 Å². The van der Waals surface area contributed by atoms with Gasteiger partial charge in [-0.2, -0.15) is 4.31 Å². The number of ether oxygens (including phenoxy) is 1. The molecule has 1 aromatic carbocycles. The second-order valence-electron chi connectivity index (χ2n) is 4.19. The van der Waals surface area contributed by atoms with Crippen molar-refractivity contribution in [3.8, 4) is 0 Å². The fourth-order valence-corrected chi connectivity index (χ4v) is 4.31. The monoisotopic (exact) mass is 377 g/mol. The Labute approximate surface area is 137 Å².